The summed E-state index contributed by atoms with van der Waals surface area (Å²) >= 11 is 0. The van der Waals surface area contributed by atoms with Crippen molar-refractivity contribution in [2.24, 2.45) is 11.5 Å². The van der Waals surface area contributed by atoms with Crippen LogP contribution in [0.2, 0.25) is 0 Å². The molecule has 0 aromatic rings. The highest BCUT2D eigenvalue weighted by Gasteiger charge is 2.22. The highest BCUT2D eigenvalue weighted by atomic mass is 16.7. The third-order valence-electron chi connectivity index (χ3n) is 2.99. The van der Waals surface area contributed by atoms with E-state index in [9.17, 15) is 0 Å². The van der Waals surface area contributed by atoms with Crippen molar-refractivity contribution in [3.8, 4) is 0 Å². The molecule has 0 bridgehead atoms. The summed E-state index contributed by atoms with van der Waals surface area (Å²) in [7, 11) is 0. The zero-order chi connectivity index (χ0) is 17.9. The van der Waals surface area contributed by atoms with Crippen LogP contribution in [0.5, 0.6) is 0 Å². The van der Waals surface area contributed by atoms with Crippen molar-refractivity contribution < 1.29 is 18.9 Å². The molecule has 0 unspecified atom stereocenters. The molecular weight excluding hydrogens is 296 g/mol. The first-order valence-corrected chi connectivity index (χ1v) is 8.61. The van der Waals surface area contributed by atoms with Gasteiger partial charge in [0.1, 0.15) is 0 Å². The largest absolute Gasteiger partial charge is 0.353 e. The van der Waals surface area contributed by atoms with Crippen LogP contribution >= 0.6 is 0 Å². The molecule has 140 valence electrons. The van der Waals surface area contributed by atoms with Gasteiger partial charge in [0, 0.05) is 37.1 Å². The van der Waals surface area contributed by atoms with E-state index in [1.807, 2.05) is 41.5 Å². The van der Waals surface area contributed by atoms with Crippen LogP contribution in [0.15, 0.2) is 0 Å². The summed E-state index contributed by atoms with van der Waals surface area (Å²) in [5.41, 5.74) is 11.2. The summed E-state index contributed by atoms with van der Waals surface area (Å²) in [6.45, 7) is 14.8. The first-order valence-electron chi connectivity index (χ1n) is 8.61. The Morgan fingerprint density at radius 2 is 1.43 bits per heavy atom. The second-order valence-corrected chi connectivity index (χ2v) is 7.25. The molecule has 1 rings (SSSR count). The highest BCUT2D eigenvalue weighted by Crippen LogP contribution is 2.15. The van der Waals surface area contributed by atoms with Crippen molar-refractivity contribution in [1.29, 1.82) is 0 Å². The maximum Gasteiger partial charge on any atom is 0.159 e. The number of rotatable bonds is 8. The van der Waals surface area contributed by atoms with Crippen LogP contribution in [-0.2, 0) is 18.9 Å². The molecule has 0 aliphatic carbocycles. The third-order valence-corrected chi connectivity index (χ3v) is 2.99. The first kappa shape index (κ1) is 22.8. The second-order valence-electron chi connectivity index (χ2n) is 7.25. The Labute approximate surface area is 142 Å². The van der Waals surface area contributed by atoms with Gasteiger partial charge in [0.05, 0.1) is 13.2 Å². The van der Waals surface area contributed by atoms with E-state index >= 15 is 0 Å². The minimum absolute atomic E-state index is 0.0799. The molecule has 6 heteroatoms. The van der Waals surface area contributed by atoms with Gasteiger partial charge in [-0.3, -0.25) is 0 Å². The molecule has 1 aliphatic heterocycles. The molecular formula is C17H38N2O4. The lowest BCUT2D eigenvalue weighted by Crippen LogP contribution is -2.39. The molecule has 0 amide bonds. The topological polar surface area (TPSA) is 89.0 Å². The van der Waals surface area contributed by atoms with Crippen LogP contribution in [0, 0.1) is 0 Å². The molecule has 1 fully saturated rings. The van der Waals surface area contributed by atoms with E-state index < -0.39 is 0 Å². The minimum atomic E-state index is -0.227. The van der Waals surface area contributed by atoms with Gasteiger partial charge < -0.3 is 30.4 Å². The maximum atomic E-state index is 5.84. The Morgan fingerprint density at radius 3 is 1.78 bits per heavy atom. The predicted molar refractivity (Wildman–Crippen MR) is 93.1 cm³/mol. The Bertz CT molecular complexity index is 275. The molecule has 6 nitrogen and oxygen atoms in total. The monoisotopic (exact) mass is 334 g/mol. The van der Waals surface area contributed by atoms with Gasteiger partial charge in [-0.15, -0.1) is 0 Å². The van der Waals surface area contributed by atoms with Gasteiger partial charge in [-0.05, 0) is 48.0 Å². The third kappa shape index (κ3) is 15.1. The minimum Gasteiger partial charge on any atom is -0.353 e. The van der Waals surface area contributed by atoms with E-state index in [1.54, 1.807) is 0 Å². The number of hydrogen-bond acceptors (Lipinski definition) is 6. The molecule has 0 spiro atoms. The number of hydrogen-bond donors (Lipinski definition) is 2. The van der Waals surface area contributed by atoms with Crippen LogP contribution < -0.4 is 11.5 Å². The zero-order valence-corrected chi connectivity index (χ0v) is 15.9. The second kappa shape index (κ2) is 11.3. The van der Waals surface area contributed by atoms with Crippen molar-refractivity contribution in [3.63, 3.8) is 0 Å². The van der Waals surface area contributed by atoms with Gasteiger partial charge in [-0.1, -0.05) is 0 Å². The lowest BCUT2D eigenvalue weighted by atomic mass is 10.0. The number of nitrogens with two attached hydrogens (primary N) is 2. The molecule has 1 saturated heterocycles. The fourth-order valence-corrected chi connectivity index (χ4v) is 2.05. The first-order chi connectivity index (χ1) is 10.6. The zero-order valence-electron chi connectivity index (χ0n) is 15.9. The predicted octanol–water partition coefficient (Wildman–Crippen LogP) is 2.39. The van der Waals surface area contributed by atoms with Crippen LogP contribution in [0.4, 0.5) is 0 Å². The van der Waals surface area contributed by atoms with Crippen molar-refractivity contribution in [3.05, 3.63) is 0 Å². The summed E-state index contributed by atoms with van der Waals surface area (Å²) in [5, 5.41) is 0. The lowest BCUT2D eigenvalue weighted by Gasteiger charge is -2.28. The van der Waals surface area contributed by atoms with E-state index in [4.69, 9.17) is 30.4 Å². The molecule has 0 atom stereocenters. The molecule has 23 heavy (non-hydrogen) atoms. The van der Waals surface area contributed by atoms with Crippen molar-refractivity contribution in [2.75, 3.05) is 26.4 Å². The van der Waals surface area contributed by atoms with Gasteiger partial charge >= 0.3 is 0 Å². The Kier molecular flexibility index (Phi) is 11.2. The SMILES string of the molecule is CC(C)(N)CC1OCCCO1.CCOC(CC(C)(C)N)OCC. The smallest absolute Gasteiger partial charge is 0.159 e. The van der Waals surface area contributed by atoms with E-state index in [1.165, 1.54) is 0 Å². The molecule has 0 radical (unpaired) electrons. The molecule has 0 saturated carbocycles. The molecule has 1 heterocycles. The molecule has 0 aromatic heterocycles. The van der Waals surface area contributed by atoms with E-state index in [2.05, 4.69) is 0 Å². The van der Waals surface area contributed by atoms with Crippen LogP contribution in [-0.4, -0.2) is 50.1 Å². The van der Waals surface area contributed by atoms with Gasteiger partial charge in [-0.25, -0.2) is 0 Å². The van der Waals surface area contributed by atoms with Crippen molar-refractivity contribution in [2.45, 2.75) is 84.5 Å². The fourth-order valence-electron chi connectivity index (χ4n) is 2.05. The maximum absolute atomic E-state index is 5.84. The van der Waals surface area contributed by atoms with E-state index in [0.717, 1.165) is 32.5 Å². The Balaban J connectivity index is 0.000000422. The van der Waals surface area contributed by atoms with Crippen LogP contribution in [0.25, 0.3) is 0 Å². The summed E-state index contributed by atoms with van der Waals surface area (Å²) in [6.07, 6.45) is 2.27. The Morgan fingerprint density at radius 1 is 0.957 bits per heavy atom. The quantitative estimate of drug-likeness (QED) is 0.663. The van der Waals surface area contributed by atoms with Crippen molar-refractivity contribution in [1.82, 2.24) is 0 Å². The van der Waals surface area contributed by atoms with Crippen LogP contribution in [0.3, 0.4) is 0 Å². The summed E-state index contributed by atoms with van der Waals surface area (Å²) < 4.78 is 21.4. The lowest BCUT2D eigenvalue weighted by molar-refractivity contribution is -0.186. The number of ether oxygens (including phenoxy) is 4. The average Bonchev–Trinajstić information content (AvgIpc) is 2.37. The molecule has 0 aromatic carbocycles. The van der Waals surface area contributed by atoms with E-state index in [0.29, 0.717) is 13.2 Å². The standard InChI is InChI=1S/C9H21NO2.C8H17NO2/c1-5-11-8(12-6-2)7-9(3,4)10;1-8(2,9)6-7-10-4-3-5-11-7/h8H,5-7,10H2,1-4H3;7H,3-6,9H2,1-2H3. The van der Waals surface area contributed by atoms with Crippen molar-refractivity contribution >= 4 is 0 Å². The Hall–Kier alpha value is -0.240. The van der Waals surface area contributed by atoms with Gasteiger partial charge in [0.15, 0.2) is 12.6 Å². The van der Waals surface area contributed by atoms with Gasteiger partial charge in [0.2, 0.25) is 0 Å². The normalized spacial score (nSPS) is 17.1. The average molecular weight is 335 g/mol. The molecule has 1 aliphatic rings. The summed E-state index contributed by atoms with van der Waals surface area (Å²) in [6, 6.07) is 0. The fraction of sp³-hybridized carbons (Fsp3) is 1.00. The highest BCUT2D eigenvalue weighted by molar-refractivity contribution is 4.74. The van der Waals surface area contributed by atoms with Crippen LogP contribution in [0.1, 0.15) is 60.8 Å². The summed E-state index contributed by atoms with van der Waals surface area (Å²) in [5.74, 6) is 0. The van der Waals surface area contributed by atoms with Gasteiger partial charge in [-0.2, -0.15) is 0 Å². The van der Waals surface area contributed by atoms with E-state index in [-0.39, 0.29) is 23.7 Å². The molecule has 4 N–H and O–H groups in total. The van der Waals surface area contributed by atoms with Gasteiger partial charge in [0.25, 0.3) is 0 Å². The summed E-state index contributed by atoms with van der Waals surface area (Å²) in [4.78, 5) is 0.